The number of primary sulfonamides is 1. The van der Waals surface area contributed by atoms with E-state index in [0.29, 0.717) is 18.0 Å². The van der Waals surface area contributed by atoms with Gasteiger partial charge in [-0.3, -0.25) is 9.25 Å². The Labute approximate surface area is 110 Å². The fraction of sp³-hybridized carbons (Fsp3) is 0.444. The van der Waals surface area contributed by atoms with E-state index in [9.17, 15) is 8.42 Å². The van der Waals surface area contributed by atoms with Crippen molar-refractivity contribution in [1.29, 1.82) is 0 Å². The first-order chi connectivity index (χ1) is 8.93. The summed E-state index contributed by atoms with van der Waals surface area (Å²) in [5, 5.41) is 16.3. The van der Waals surface area contributed by atoms with Crippen LogP contribution in [0.25, 0.3) is 11.4 Å². The van der Waals surface area contributed by atoms with Gasteiger partial charge in [-0.2, -0.15) is 5.10 Å². The molecule has 2 heterocycles. The summed E-state index contributed by atoms with van der Waals surface area (Å²) in [6, 6.07) is 0. The van der Waals surface area contributed by atoms with Crippen LogP contribution in [0.2, 0.25) is 0 Å². The van der Waals surface area contributed by atoms with Gasteiger partial charge in [0.15, 0.2) is 5.82 Å². The van der Waals surface area contributed by atoms with Gasteiger partial charge in [-0.25, -0.2) is 13.6 Å². The molecule has 0 radical (unpaired) electrons. The first-order valence-electron chi connectivity index (χ1n) is 5.37. The van der Waals surface area contributed by atoms with Crippen molar-refractivity contribution in [3.05, 3.63) is 12.4 Å². The number of rotatable bonds is 5. The molecule has 9 nitrogen and oxygen atoms in total. The number of sulfonamides is 1. The normalized spacial score (nSPS) is 11.9. The van der Waals surface area contributed by atoms with Gasteiger partial charge in [0, 0.05) is 20.4 Å². The number of nitrogens with two attached hydrogens (primary N) is 1. The smallest absolute Gasteiger partial charge is 0.273 e. The van der Waals surface area contributed by atoms with Crippen molar-refractivity contribution in [2.45, 2.75) is 11.7 Å². The van der Waals surface area contributed by atoms with E-state index in [1.54, 1.807) is 24.1 Å². The van der Waals surface area contributed by atoms with E-state index in [4.69, 9.17) is 9.88 Å². The van der Waals surface area contributed by atoms with E-state index in [1.807, 2.05) is 0 Å². The Bertz CT molecular complexity index is 674. The molecule has 0 spiro atoms. The predicted octanol–water partition coefficient (Wildman–Crippen LogP) is -1.03. The van der Waals surface area contributed by atoms with E-state index >= 15 is 0 Å². The van der Waals surface area contributed by atoms with E-state index in [1.165, 1.54) is 11.7 Å². The first-order valence-corrected chi connectivity index (χ1v) is 6.92. The minimum Gasteiger partial charge on any atom is -0.383 e. The largest absolute Gasteiger partial charge is 0.383 e. The molecule has 0 saturated heterocycles. The van der Waals surface area contributed by atoms with Gasteiger partial charge >= 0.3 is 0 Å². The van der Waals surface area contributed by atoms with Gasteiger partial charge in [-0.05, 0) is 0 Å². The maximum absolute atomic E-state index is 11.5. The van der Waals surface area contributed by atoms with E-state index < -0.39 is 10.0 Å². The second-order valence-corrected chi connectivity index (χ2v) is 5.35. The lowest BCUT2D eigenvalue weighted by atomic mass is 10.3. The molecule has 0 aromatic carbocycles. The minimum atomic E-state index is -3.94. The van der Waals surface area contributed by atoms with Crippen LogP contribution in [0.1, 0.15) is 0 Å². The molecule has 0 unspecified atom stereocenters. The van der Waals surface area contributed by atoms with Crippen LogP contribution < -0.4 is 5.14 Å². The zero-order valence-corrected chi connectivity index (χ0v) is 11.3. The molecule has 0 aliphatic heterocycles. The number of methoxy groups -OCH3 is 1. The van der Waals surface area contributed by atoms with Crippen molar-refractivity contribution in [2.75, 3.05) is 13.7 Å². The van der Waals surface area contributed by atoms with E-state index in [0.717, 1.165) is 0 Å². The van der Waals surface area contributed by atoms with Gasteiger partial charge in [-0.15, -0.1) is 10.2 Å². The summed E-state index contributed by atoms with van der Waals surface area (Å²) in [5.74, 6) is 0.383. The van der Waals surface area contributed by atoms with Gasteiger partial charge in [0.2, 0.25) is 0 Å². The Kier molecular flexibility index (Phi) is 3.64. The average molecular weight is 286 g/mol. The Balaban J connectivity index is 2.52. The van der Waals surface area contributed by atoms with Crippen molar-refractivity contribution in [2.24, 2.45) is 12.2 Å². The second kappa shape index (κ2) is 5.07. The molecule has 0 saturated carbocycles. The molecule has 0 bridgehead atoms. The third-order valence-electron chi connectivity index (χ3n) is 2.45. The van der Waals surface area contributed by atoms with Gasteiger partial charge in [0.1, 0.15) is 0 Å². The number of aromatic nitrogens is 5. The van der Waals surface area contributed by atoms with Gasteiger partial charge < -0.3 is 4.74 Å². The highest BCUT2D eigenvalue weighted by Gasteiger charge is 2.22. The summed E-state index contributed by atoms with van der Waals surface area (Å²) in [7, 11) is -0.669. The quantitative estimate of drug-likeness (QED) is 0.751. The van der Waals surface area contributed by atoms with Crippen molar-refractivity contribution < 1.29 is 13.2 Å². The van der Waals surface area contributed by atoms with Crippen LogP contribution >= 0.6 is 0 Å². The van der Waals surface area contributed by atoms with Crippen molar-refractivity contribution in [1.82, 2.24) is 24.5 Å². The van der Waals surface area contributed by atoms with Crippen LogP contribution in [0.4, 0.5) is 0 Å². The highest BCUT2D eigenvalue weighted by atomic mass is 32.2. The molecule has 104 valence electrons. The standard InChI is InChI=1S/C9H14N6O3S/c1-14-6-7(5-11-14)8-12-13-9(19(10,16)17)15(8)3-4-18-2/h5-6H,3-4H2,1-2H3,(H2,10,16,17). The Morgan fingerprint density at radius 2 is 2.16 bits per heavy atom. The Morgan fingerprint density at radius 1 is 1.42 bits per heavy atom. The number of aryl methyl sites for hydroxylation is 1. The fourth-order valence-corrected chi connectivity index (χ4v) is 2.27. The van der Waals surface area contributed by atoms with E-state index in [2.05, 4.69) is 15.3 Å². The summed E-state index contributed by atoms with van der Waals surface area (Å²) in [6.07, 6.45) is 3.28. The van der Waals surface area contributed by atoms with Crippen molar-refractivity contribution >= 4 is 10.0 Å². The number of hydrogen-bond acceptors (Lipinski definition) is 6. The Hall–Kier alpha value is -1.78. The number of ether oxygens (including phenoxy) is 1. The summed E-state index contributed by atoms with van der Waals surface area (Å²) < 4.78 is 30.8. The van der Waals surface area contributed by atoms with Crippen molar-refractivity contribution in [3.63, 3.8) is 0 Å². The van der Waals surface area contributed by atoms with Crippen LogP contribution in [-0.4, -0.2) is 46.7 Å². The molecule has 0 aliphatic carbocycles. The average Bonchev–Trinajstić information content (AvgIpc) is 2.91. The molecule has 0 fully saturated rings. The highest BCUT2D eigenvalue weighted by Crippen LogP contribution is 2.19. The summed E-state index contributed by atoms with van der Waals surface area (Å²) >= 11 is 0. The topological polar surface area (TPSA) is 118 Å². The van der Waals surface area contributed by atoms with Gasteiger partial charge in [-0.1, -0.05) is 0 Å². The van der Waals surface area contributed by atoms with Crippen LogP contribution in [0.5, 0.6) is 0 Å². The van der Waals surface area contributed by atoms with E-state index in [-0.39, 0.29) is 11.7 Å². The van der Waals surface area contributed by atoms with Gasteiger partial charge in [0.05, 0.1) is 24.9 Å². The molecule has 2 N–H and O–H groups in total. The van der Waals surface area contributed by atoms with Gasteiger partial charge in [0.25, 0.3) is 15.2 Å². The fourth-order valence-electron chi connectivity index (χ4n) is 1.63. The molecule has 2 aromatic heterocycles. The molecule has 10 heteroatoms. The number of hydrogen-bond donors (Lipinski definition) is 1. The van der Waals surface area contributed by atoms with Crippen LogP contribution in [0.15, 0.2) is 17.6 Å². The molecule has 19 heavy (non-hydrogen) atoms. The SMILES string of the molecule is COCCn1c(-c2cnn(C)c2)nnc1S(N)(=O)=O. The predicted molar refractivity (Wildman–Crippen MR) is 65.5 cm³/mol. The molecular weight excluding hydrogens is 272 g/mol. The molecular formula is C9H14N6O3S. The molecule has 0 atom stereocenters. The maximum Gasteiger partial charge on any atom is 0.273 e. The summed E-state index contributed by atoms with van der Waals surface area (Å²) in [5.41, 5.74) is 0.654. The summed E-state index contributed by atoms with van der Waals surface area (Å²) in [4.78, 5) is 0. The third-order valence-corrected chi connectivity index (χ3v) is 3.26. The zero-order chi connectivity index (χ0) is 14.0. The maximum atomic E-state index is 11.5. The van der Waals surface area contributed by atoms with Crippen LogP contribution in [0.3, 0.4) is 0 Å². The van der Waals surface area contributed by atoms with Crippen molar-refractivity contribution in [3.8, 4) is 11.4 Å². The Morgan fingerprint density at radius 3 is 2.68 bits per heavy atom. The molecule has 0 amide bonds. The lowest BCUT2D eigenvalue weighted by Crippen LogP contribution is -2.20. The summed E-state index contributed by atoms with van der Waals surface area (Å²) in [6.45, 7) is 0.591. The van der Waals surface area contributed by atoms with Crippen LogP contribution in [0, 0.1) is 0 Å². The highest BCUT2D eigenvalue weighted by molar-refractivity contribution is 7.89. The minimum absolute atomic E-state index is 0.277. The second-order valence-electron chi connectivity index (χ2n) is 3.90. The number of nitrogens with zero attached hydrogens (tertiary/aromatic N) is 5. The van der Waals surface area contributed by atoms with Crippen LogP contribution in [-0.2, 0) is 28.4 Å². The molecule has 2 aromatic rings. The molecule has 2 rings (SSSR count). The zero-order valence-electron chi connectivity index (χ0n) is 10.5. The lowest BCUT2D eigenvalue weighted by molar-refractivity contribution is 0.185. The lowest BCUT2D eigenvalue weighted by Gasteiger charge is -2.07. The molecule has 0 aliphatic rings. The third kappa shape index (κ3) is 2.80. The first kappa shape index (κ1) is 13.6. The monoisotopic (exact) mass is 286 g/mol.